The fourth-order valence-electron chi connectivity index (χ4n) is 2.77. The maximum absolute atomic E-state index is 12.2. The molecule has 2 fully saturated rings. The Kier molecular flexibility index (Phi) is 3.88. The highest BCUT2D eigenvalue weighted by atomic mass is 16.5. The first-order valence-corrected chi connectivity index (χ1v) is 6.57. The van der Waals surface area contributed by atoms with Crippen LogP contribution in [-0.4, -0.2) is 48.2 Å². The summed E-state index contributed by atoms with van der Waals surface area (Å²) < 4.78 is 5.59. The summed E-state index contributed by atoms with van der Waals surface area (Å²) in [6.45, 7) is 6.26. The van der Waals surface area contributed by atoms with Gasteiger partial charge in [-0.3, -0.25) is 10.1 Å². The first-order valence-electron chi connectivity index (χ1n) is 6.57. The van der Waals surface area contributed by atoms with Crippen molar-refractivity contribution in [3.05, 3.63) is 0 Å². The first kappa shape index (κ1) is 13.3. The van der Waals surface area contributed by atoms with Gasteiger partial charge in [0.15, 0.2) is 0 Å². The number of hydrogen-bond acceptors (Lipinski definition) is 4. The lowest BCUT2D eigenvalue weighted by atomic mass is 9.96. The van der Waals surface area contributed by atoms with E-state index in [0.29, 0.717) is 13.1 Å². The van der Waals surface area contributed by atoms with Crippen molar-refractivity contribution in [2.24, 2.45) is 0 Å². The van der Waals surface area contributed by atoms with E-state index in [2.05, 4.69) is 25.2 Å². The van der Waals surface area contributed by atoms with Gasteiger partial charge in [0.05, 0.1) is 18.6 Å². The molecule has 0 aromatic heterocycles. The van der Waals surface area contributed by atoms with Gasteiger partial charge in [-0.25, -0.2) is 0 Å². The van der Waals surface area contributed by atoms with Crippen LogP contribution < -0.4 is 5.32 Å². The molecule has 2 heterocycles. The van der Waals surface area contributed by atoms with Crippen LogP contribution in [-0.2, 0) is 9.53 Å². The van der Waals surface area contributed by atoms with Crippen LogP contribution in [0, 0.1) is 11.3 Å². The number of nitriles is 1. The number of nitrogens with zero attached hydrogens (tertiary/aromatic N) is 2. The molecule has 0 radical (unpaired) electrons. The maximum atomic E-state index is 12.2. The smallest absolute Gasteiger partial charge is 0.240 e. The molecule has 5 nitrogen and oxygen atoms in total. The quantitative estimate of drug-likeness (QED) is 0.800. The second kappa shape index (κ2) is 5.25. The topological polar surface area (TPSA) is 65.4 Å². The van der Waals surface area contributed by atoms with Gasteiger partial charge in [-0.2, -0.15) is 5.26 Å². The number of carbonyl (C=O) groups excluding carboxylic acids is 1. The van der Waals surface area contributed by atoms with Crippen molar-refractivity contribution >= 4 is 5.91 Å². The Hall–Kier alpha value is -1.12. The zero-order valence-electron chi connectivity index (χ0n) is 11.1. The van der Waals surface area contributed by atoms with E-state index in [-0.39, 0.29) is 30.0 Å². The zero-order chi connectivity index (χ0) is 13.2. The van der Waals surface area contributed by atoms with Crippen LogP contribution in [0.3, 0.4) is 0 Å². The minimum atomic E-state index is -0.375. The fourth-order valence-corrected chi connectivity index (χ4v) is 2.77. The van der Waals surface area contributed by atoms with E-state index in [4.69, 9.17) is 10.00 Å². The standard InChI is InChI=1S/C13H21N3O2/c1-13(2)9-16(8-10-4-3-7-18-10)12(17)11(15-13)5-6-14/h10-11,15H,3-5,7-9H2,1-2H3. The van der Waals surface area contributed by atoms with Crippen LogP contribution in [0.15, 0.2) is 0 Å². The largest absolute Gasteiger partial charge is 0.376 e. The molecule has 2 atom stereocenters. The number of hydrogen-bond donors (Lipinski definition) is 1. The lowest BCUT2D eigenvalue weighted by molar-refractivity contribution is -0.140. The number of piperazine rings is 1. The number of nitrogens with one attached hydrogen (secondary N) is 1. The Morgan fingerprint density at radius 2 is 2.39 bits per heavy atom. The Balaban J connectivity index is 2.02. The Morgan fingerprint density at radius 3 is 3.00 bits per heavy atom. The average Bonchev–Trinajstić information content (AvgIpc) is 2.77. The third kappa shape index (κ3) is 3.01. The van der Waals surface area contributed by atoms with Gasteiger partial charge in [-0.1, -0.05) is 0 Å². The molecule has 2 unspecified atom stereocenters. The molecule has 2 rings (SSSR count). The third-order valence-corrected chi connectivity index (χ3v) is 3.50. The van der Waals surface area contributed by atoms with Crippen molar-refractivity contribution in [3.8, 4) is 6.07 Å². The Bertz CT molecular complexity index is 356. The van der Waals surface area contributed by atoms with Crippen LogP contribution in [0.2, 0.25) is 0 Å². The van der Waals surface area contributed by atoms with Crippen LogP contribution >= 0.6 is 0 Å². The molecule has 0 aromatic carbocycles. The van der Waals surface area contributed by atoms with Crippen LogP contribution in [0.5, 0.6) is 0 Å². The molecule has 1 N–H and O–H groups in total. The van der Waals surface area contributed by atoms with E-state index in [9.17, 15) is 4.79 Å². The van der Waals surface area contributed by atoms with Crippen molar-refractivity contribution in [3.63, 3.8) is 0 Å². The maximum Gasteiger partial charge on any atom is 0.240 e. The average molecular weight is 251 g/mol. The number of ether oxygens (including phenoxy) is 1. The van der Waals surface area contributed by atoms with Crippen molar-refractivity contribution in [2.75, 3.05) is 19.7 Å². The molecule has 0 bridgehead atoms. The zero-order valence-corrected chi connectivity index (χ0v) is 11.1. The summed E-state index contributed by atoms with van der Waals surface area (Å²) >= 11 is 0. The number of rotatable bonds is 3. The highest BCUT2D eigenvalue weighted by molar-refractivity contribution is 5.83. The summed E-state index contributed by atoms with van der Waals surface area (Å²) in [4.78, 5) is 14.1. The highest BCUT2D eigenvalue weighted by Crippen LogP contribution is 2.20. The summed E-state index contributed by atoms with van der Waals surface area (Å²) in [5.74, 6) is 0.0337. The second-order valence-corrected chi connectivity index (χ2v) is 5.80. The summed E-state index contributed by atoms with van der Waals surface area (Å²) in [7, 11) is 0. The number of carbonyl (C=O) groups is 1. The molecule has 0 saturated carbocycles. The predicted molar refractivity (Wildman–Crippen MR) is 66.8 cm³/mol. The van der Waals surface area contributed by atoms with E-state index in [1.165, 1.54) is 0 Å². The minimum Gasteiger partial charge on any atom is -0.376 e. The predicted octanol–water partition coefficient (Wildman–Crippen LogP) is 0.658. The van der Waals surface area contributed by atoms with Crippen molar-refractivity contribution in [1.82, 2.24) is 10.2 Å². The van der Waals surface area contributed by atoms with E-state index in [1.54, 1.807) is 0 Å². The number of amides is 1. The Morgan fingerprint density at radius 1 is 1.61 bits per heavy atom. The lowest BCUT2D eigenvalue weighted by Crippen LogP contribution is -2.65. The van der Waals surface area contributed by atoms with Crippen molar-refractivity contribution < 1.29 is 9.53 Å². The highest BCUT2D eigenvalue weighted by Gasteiger charge is 2.38. The van der Waals surface area contributed by atoms with Gasteiger partial charge in [0.2, 0.25) is 5.91 Å². The molecule has 2 aliphatic heterocycles. The molecule has 2 saturated heterocycles. The summed E-state index contributed by atoms with van der Waals surface area (Å²) in [5.41, 5.74) is -0.145. The molecular weight excluding hydrogens is 230 g/mol. The lowest BCUT2D eigenvalue weighted by Gasteiger charge is -2.43. The second-order valence-electron chi connectivity index (χ2n) is 5.80. The minimum absolute atomic E-state index is 0.0337. The van der Waals surface area contributed by atoms with Gasteiger partial charge in [-0.15, -0.1) is 0 Å². The van der Waals surface area contributed by atoms with E-state index in [0.717, 1.165) is 19.4 Å². The summed E-state index contributed by atoms with van der Waals surface area (Å²) in [5, 5.41) is 12.0. The van der Waals surface area contributed by atoms with Crippen molar-refractivity contribution in [2.45, 2.75) is 50.8 Å². The molecule has 0 aliphatic carbocycles. The molecular formula is C13H21N3O2. The molecule has 1 amide bonds. The SMILES string of the molecule is CC1(C)CN(CC2CCCO2)C(=O)C(CC#N)N1. The normalized spacial score (nSPS) is 31.4. The van der Waals surface area contributed by atoms with Gasteiger partial charge in [0.25, 0.3) is 0 Å². The molecule has 18 heavy (non-hydrogen) atoms. The first-order chi connectivity index (χ1) is 8.52. The van der Waals surface area contributed by atoms with E-state index < -0.39 is 0 Å². The van der Waals surface area contributed by atoms with Crippen LogP contribution in [0.25, 0.3) is 0 Å². The Labute approximate surface area is 108 Å². The van der Waals surface area contributed by atoms with Gasteiger partial charge in [-0.05, 0) is 26.7 Å². The van der Waals surface area contributed by atoms with Crippen molar-refractivity contribution in [1.29, 1.82) is 5.26 Å². The molecule has 100 valence electrons. The summed E-state index contributed by atoms with van der Waals surface area (Å²) in [6, 6.07) is 1.70. The fraction of sp³-hybridized carbons (Fsp3) is 0.846. The summed E-state index contributed by atoms with van der Waals surface area (Å²) in [6.07, 6.45) is 2.51. The molecule has 5 heteroatoms. The van der Waals surface area contributed by atoms with Gasteiger partial charge < -0.3 is 9.64 Å². The van der Waals surface area contributed by atoms with Gasteiger partial charge in [0.1, 0.15) is 6.04 Å². The molecule has 2 aliphatic rings. The molecule has 0 aromatic rings. The third-order valence-electron chi connectivity index (χ3n) is 3.50. The van der Waals surface area contributed by atoms with E-state index in [1.807, 2.05) is 4.90 Å². The molecule has 0 spiro atoms. The van der Waals surface area contributed by atoms with Gasteiger partial charge in [0, 0.05) is 25.2 Å². The van der Waals surface area contributed by atoms with Crippen LogP contribution in [0.4, 0.5) is 0 Å². The van der Waals surface area contributed by atoms with Crippen LogP contribution in [0.1, 0.15) is 33.1 Å². The monoisotopic (exact) mass is 251 g/mol. The van der Waals surface area contributed by atoms with Gasteiger partial charge >= 0.3 is 0 Å². The van der Waals surface area contributed by atoms with E-state index >= 15 is 0 Å².